The highest BCUT2D eigenvalue weighted by Gasteiger charge is 1.98. The van der Waals surface area contributed by atoms with Crippen LogP contribution in [0.5, 0.6) is 0 Å². The van der Waals surface area contributed by atoms with Crippen molar-refractivity contribution in [1.82, 2.24) is 0 Å². The van der Waals surface area contributed by atoms with Crippen LogP contribution in [0.1, 0.15) is 16.7 Å². The Balaban J connectivity index is 1.92. The molecule has 2 aromatic carbocycles. The van der Waals surface area contributed by atoms with Crippen molar-refractivity contribution < 1.29 is 0 Å². The number of nitrogens with two attached hydrogens (primary N) is 1. The van der Waals surface area contributed by atoms with Crippen molar-refractivity contribution in [3.8, 4) is 0 Å². The molecule has 0 aliphatic heterocycles. The molecule has 0 aliphatic carbocycles. The van der Waals surface area contributed by atoms with E-state index in [9.17, 15) is 0 Å². The van der Waals surface area contributed by atoms with Crippen LogP contribution in [0.2, 0.25) is 5.02 Å². The van der Waals surface area contributed by atoms with E-state index in [1.54, 1.807) is 0 Å². The Morgan fingerprint density at radius 1 is 1.14 bits per heavy atom. The Morgan fingerprint density at radius 3 is 2.52 bits per heavy atom. The van der Waals surface area contributed by atoms with Gasteiger partial charge in [0.25, 0.3) is 0 Å². The van der Waals surface area contributed by atoms with Crippen molar-refractivity contribution >= 4 is 23.2 Å². The van der Waals surface area contributed by atoms with Gasteiger partial charge in [0, 0.05) is 17.3 Å². The van der Waals surface area contributed by atoms with Gasteiger partial charge in [-0.2, -0.15) is 0 Å². The maximum absolute atomic E-state index is 5.95. The van der Waals surface area contributed by atoms with Gasteiger partial charge in [0.15, 0.2) is 5.96 Å². The maximum atomic E-state index is 5.95. The Morgan fingerprint density at radius 2 is 1.86 bits per heavy atom. The molecular formula is C17H20ClN3. The fourth-order valence-corrected chi connectivity index (χ4v) is 2.45. The second kappa shape index (κ2) is 7.14. The largest absolute Gasteiger partial charge is 0.370 e. The number of anilines is 1. The zero-order valence-electron chi connectivity index (χ0n) is 12.4. The summed E-state index contributed by atoms with van der Waals surface area (Å²) in [6.45, 7) is 4.75. The van der Waals surface area contributed by atoms with Crippen molar-refractivity contribution in [3.63, 3.8) is 0 Å². The van der Waals surface area contributed by atoms with Gasteiger partial charge in [-0.1, -0.05) is 29.8 Å². The standard InChI is InChI=1S/C17H20ClN3/c1-12-8-13(2)10-16(9-12)21-17(19)20-7-6-14-4-3-5-15(18)11-14/h3-5,8-11H,6-7H2,1-2H3,(H3,19,20,21). The Kier molecular flexibility index (Phi) is 5.23. The molecule has 0 saturated heterocycles. The van der Waals surface area contributed by atoms with Crippen LogP contribution < -0.4 is 11.1 Å². The first kappa shape index (κ1) is 15.4. The summed E-state index contributed by atoms with van der Waals surface area (Å²) in [6, 6.07) is 14.0. The lowest BCUT2D eigenvalue weighted by Crippen LogP contribution is -2.23. The molecule has 2 rings (SSSR count). The van der Waals surface area contributed by atoms with Crippen molar-refractivity contribution in [2.24, 2.45) is 10.7 Å². The molecule has 0 heterocycles. The number of hydrogen-bond acceptors (Lipinski definition) is 1. The van der Waals surface area contributed by atoms with Gasteiger partial charge in [0.2, 0.25) is 0 Å². The average Bonchev–Trinajstić information content (AvgIpc) is 2.37. The SMILES string of the molecule is Cc1cc(C)cc(NC(N)=NCCc2cccc(Cl)c2)c1. The first-order valence-electron chi connectivity index (χ1n) is 6.92. The first-order valence-corrected chi connectivity index (χ1v) is 7.30. The molecule has 0 aliphatic rings. The van der Waals surface area contributed by atoms with Crippen LogP contribution in [0.3, 0.4) is 0 Å². The van der Waals surface area contributed by atoms with Crippen LogP contribution >= 0.6 is 11.6 Å². The van der Waals surface area contributed by atoms with Crippen LogP contribution in [0.15, 0.2) is 47.5 Å². The quantitative estimate of drug-likeness (QED) is 0.664. The molecule has 0 aromatic heterocycles. The summed E-state index contributed by atoms with van der Waals surface area (Å²) in [7, 11) is 0. The van der Waals surface area contributed by atoms with Gasteiger partial charge >= 0.3 is 0 Å². The summed E-state index contributed by atoms with van der Waals surface area (Å²) in [5.41, 5.74) is 10.4. The van der Waals surface area contributed by atoms with E-state index in [0.717, 1.165) is 22.7 Å². The molecule has 0 saturated carbocycles. The Bertz CT molecular complexity index is 630. The molecule has 0 bridgehead atoms. The number of hydrogen-bond donors (Lipinski definition) is 2. The topological polar surface area (TPSA) is 50.4 Å². The molecule has 3 N–H and O–H groups in total. The molecular weight excluding hydrogens is 282 g/mol. The van der Waals surface area contributed by atoms with E-state index in [4.69, 9.17) is 17.3 Å². The lowest BCUT2D eigenvalue weighted by Gasteiger charge is -2.08. The van der Waals surface area contributed by atoms with Crippen LogP contribution in [0.4, 0.5) is 5.69 Å². The summed E-state index contributed by atoms with van der Waals surface area (Å²) in [4.78, 5) is 4.34. The molecule has 0 fully saturated rings. The number of guanidine groups is 1. The van der Waals surface area contributed by atoms with E-state index in [-0.39, 0.29) is 0 Å². The number of halogens is 1. The lowest BCUT2D eigenvalue weighted by molar-refractivity contribution is 0.965. The predicted octanol–water partition coefficient (Wildman–Crippen LogP) is 3.93. The second-order valence-corrected chi connectivity index (χ2v) is 5.58. The van der Waals surface area contributed by atoms with Gasteiger partial charge in [-0.15, -0.1) is 0 Å². The lowest BCUT2D eigenvalue weighted by atomic mass is 10.1. The molecule has 0 radical (unpaired) electrons. The number of benzene rings is 2. The zero-order chi connectivity index (χ0) is 15.2. The van der Waals surface area contributed by atoms with Gasteiger partial charge in [0.1, 0.15) is 0 Å². The minimum absolute atomic E-state index is 0.432. The van der Waals surface area contributed by atoms with E-state index in [2.05, 4.69) is 30.2 Å². The van der Waals surface area contributed by atoms with Crippen molar-refractivity contribution in [1.29, 1.82) is 0 Å². The van der Waals surface area contributed by atoms with E-state index in [1.807, 2.05) is 36.4 Å². The van der Waals surface area contributed by atoms with Crippen LogP contribution in [-0.2, 0) is 6.42 Å². The molecule has 110 valence electrons. The number of nitrogens with zero attached hydrogens (tertiary/aromatic N) is 1. The highest BCUT2D eigenvalue weighted by molar-refractivity contribution is 6.30. The smallest absolute Gasteiger partial charge is 0.193 e. The molecule has 0 amide bonds. The van der Waals surface area contributed by atoms with Crippen molar-refractivity contribution in [3.05, 3.63) is 64.2 Å². The molecule has 3 nitrogen and oxygen atoms in total. The number of rotatable bonds is 4. The second-order valence-electron chi connectivity index (χ2n) is 5.15. The van der Waals surface area contributed by atoms with Gasteiger partial charge in [-0.05, 0) is 61.2 Å². The Hall–Kier alpha value is -2.00. The van der Waals surface area contributed by atoms with E-state index in [1.165, 1.54) is 11.1 Å². The monoisotopic (exact) mass is 301 g/mol. The zero-order valence-corrected chi connectivity index (χ0v) is 13.1. The van der Waals surface area contributed by atoms with Gasteiger partial charge < -0.3 is 11.1 Å². The van der Waals surface area contributed by atoms with Crippen LogP contribution in [-0.4, -0.2) is 12.5 Å². The van der Waals surface area contributed by atoms with Gasteiger partial charge in [-0.25, -0.2) is 0 Å². The first-order chi connectivity index (χ1) is 10.0. The van der Waals surface area contributed by atoms with Gasteiger partial charge in [-0.3, -0.25) is 4.99 Å². The summed E-state index contributed by atoms with van der Waals surface area (Å²) >= 11 is 5.95. The number of aryl methyl sites for hydroxylation is 2. The summed E-state index contributed by atoms with van der Waals surface area (Å²) in [6.07, 6.45) is 0.815. The molecule has 2 aromatic rings. The molecule has 4 heteroatoms. The van der Waals surface area contributed by atoms with Crippen molar-refractivity contribution in [2.75, 3.05) is 11.9 Å². The predicted molar refractivity (Wildman–Crippen MR) is 91.2 cm³/mol. The van der Waals surface area contributed by atoms with Crippen LogP contribution in [0, 0.1) is 13.8 Å². The minimum atomic E-state index is 0.432. The third kappa shape index (κ3) is 5.12. The maximum Gasteiger partial charge on any atom is 0.193 e. The fraction of sp³-hybridized carbons (Fsp3) is 0.235. The number of aliphatic imine (C=N–C) groups is 1. The van der Waals surface area contributed by atoms with E-state index < -0.39 is 0 Å². The van der Waals surface area contributed by atoms with Crippen molar-refractivity contribution in [2.45, 2.75) is 20.3 Å². The molecule has 0 unspecified atom stereocenters. The van der Waals surface area contributed by atoms with E-state index >= 15 is 0 Å². The fourth-order valence-electron chi connectivity index (χ4n) is 2.23. The number of nitrogens with one attached hydrogen (secondary N) is 1. The normalized spacial score (nSPS) is 11.5. The highest BCUT2D eigenvalue weighted by Crippen LogP contribution is 2.13. The summed E-state index contributed by atoms with van der Waals surface area (Å²) < 4.78 is 0. The Labute approximate surface area is 130 Å². The molecule has 0 spiro atoms. The molecule has 0 atom stereocenters. The third-order valence-corrected chi connectivity index (χ3v) is 3.30. The summed E-state index contributed by atoms with van der Waals surface area (Å²) in [5.74, 6) is 0.432. The highest BCUT2D eigenvalue weighted by atomic mass is 35.5. The average molecular weight is 302 g/mol. The van der Waals surface area contributed by atoms with Gasteiger partial charge in [0.05, 0.1) is 0 Å². The minimum Gasteiger partial charge on any atom is -0.370 e. The van der Waals surface area contributed by atoms with E-state index in [0.29, 0.717) is 12.5 Å². The third-order valence-electron chi connectivity index (χ3n) is 3.07. The summed E-state index contributed by atoms with van der Waals surface area (Å²) in [5, 5.41) is 3.87. The molecule has 21 heavy (non-hydrogen) atoms. The van der Waals surface area contributed by atoms with Crippen LogP contribution in [0.25, 0.3) is 0 Å².